The summed E-state index contributed by atoms with van der Waals surface area (Å²) in [7, 11) is 0. The Morgan fingerprint density at radius 1 is 1.32 bits per heavy atom. The van der Waals surface area contributed by atoms with Crippen molar-refractivity contribution < 1.29 is 22.7 Å². The smallest absolute Gasteiger partial charge is 0.422 e. The van der Waals surface area contributed by atoms with Crippen molar-refractivity contribution >= 4 is 6.09 Å². The highest BCUT2D eigenvalue weighted by atomic mass is 19.4. The molecule has 0 radical (unpaired) electrons. The molecule has 0 heterocycles. The van der Waals surface area contributed by atoms with Gasteiger partial charge >= 0.3 is 12.3 Å². The van der Waals surface area contributed by atoms with E-state index in [2.05, 4.69) is 10.1 Å². The Balaban J connectivity index is 2.22. The molecule has 0 spiro atoms. The monoisotopic (exact) mass is 275 g/mol. The van der Waals surface area contributed by atoms with Gasteiger partial charge in [0.1, 0.15) is 0 Å². The second kappa shape index (κ2) is 7.01. The van der Waals surface area contributed by atoms with Gasteiger partial charge in [-0.25, -0.2) is 4.79 Å². The van der Waals surface area contributed by atoms with Gasteiger partial charge < -0.3 is 10.1 Å². The van der Waals surface area contributed by atoms with Gasteiger partial charge in [-0.05, 0) is 17.9 Å². The quantitative estimate of drug-likeness (QED) is 0.893. The summed E-state index contributed by atoms with van der Waals surface area (Å²) in [6, 6.07) is 9.66. The van der Waals surface area contributed by atoms with Crippen LogP contribution in [0.15, 0.2) is 30.3 Å². The molecular formula is C13H16F3NO2. The molecule has 0 aliphatic carbocycles. The summed E-state index contributed by atoms with van der Waals surface area (Å²) in [6.45, 7) is 0.692. The van der Waals surface area contributed by atoms with Crippen molar-refractivity contribution in [2.45, 2.75) is 25.4 Å². The first-order valence-corrected chi connectivity index (χ1v) is 5.91. The molecule has 1 aromatic rings. The summed E-state index contributed by atoms with van der Waals surface area (Å²) in [4.78, 5) is 11.0. The molecule has 6 heteroatoms. The average molecular weight is 275 g/mol. The van der Waals surface area contributed by atoms with Gasteiger partial charge in [-0.15, -0.1) is 0 Å². The Morgan fingerprint density at radius 3 is 2.53 bits per heavy atom. The number of alkyl carbamates (subject to hydrolysis) is 1. The number of rotatable bonds is 5. The van der Waals surface area contributed by atoms with Gasteiger partial charge in [0.05, 0.1) is 0 Å². The predicted molar refractivity (Wildman–Crippen MR) is 64.9 cm³/mol. The average Bonchev–Trinajstić information content (AvgIpc) is 2.36. The lowest BCUT2D eigenvalue weighted by Gasteiger charge is -2.13. The van der Waals surface area contributed by atoms with Gasteiger partial charge in [0.15, 0.2) is 6.61 Å². The number of hydrogen-bond acceptors (Lipinski definition) is 2. The molecule has 1 aromatic carbocycles. The zero-order valence-corrected chi connectivity index (χ0v) is 10.5. The number of carbonyl (C=O) groups is 1. The van der Waals surface area contributed by atoms with Crippen LogP contribution in [0.4, 0.5) is 18.0 Å². The molecule has 0 aliphatic rings. The standard InChI is InChI=1S/C13H16F3NO2/c1-10(11-5-3-2-4-6-11)7-8-17-12(18)19-9-13(14,15)16/h2-6,10H,7-9H2,1H3,(H,17,18). The maximum atomic E-state index is 11.8. The van der Waals surface area contributed by atoms with Crippen molar-refractivity contribution in [2.75, 3.05) is 13.2 Å². The molecule has 1 N–H and O–H groups in total. The van der Waals surface area contributed by atoms with Crippen LogP contribution in [0.5, 0.6) is 0 Å². The number of ether oxygens (including phenoxy) is 1. The number of hydrogen-bond donors (Lipinski definition) is 1. The van der Waals surface area contributed by atoms with Crippen LogP contribution in [0, 0.1) is 0 Å². The van der Waals surface area contributed by atoms with E-state index in [4.69, 9.17) is 0 Å². The van der Waals surface area contributed by atoms with E-state index in [1.807, 2.05) is 37.3 Å². The first-order valence-electron chi connectivity index (χ1n) is 5.91. The van der Waals surface area contributed by atoms with E-state index >= 15 is 0 Å². The lowest BCUT2D eigenvalue weighted by Crippen LogP contribution is -2.30. The highest BCUT2D eigenvalue weighted by molar-refractivity contribution is 5.67. The molecule has 0 bridgehead atoms. The molecule has 1 rings (SSSR count). The Bertz CT molecular complexity index is 393. The summed E-state index contributed by atoms with van der Waals surface area (Å²) in [5.41, 5.74) is 1.12. The Labute approximate surface area is 109 Å². The first kappa shape index (κ1) is 15.3. The van der Waals surface area contributed by atoms with Gasteiger partial charge in [0, 0.05) is 6.54 Å². The van der Waals surface area contributed by atoms with E-state index in [0.717, 1.165) is 5.56 Å². The third kappa shape index (κ3) is 6.69. The van der Waals surface area contributed by atoms with E-state index in [0.29, 0.717) is 6.42 Å². The normalized spacial score (nSPS) is 12.8. The highest BCUT2D eigenvalue weighted by Crippen LogP contribution is 2.17. The van der Waals surface area contributed by atoms with Crippen molar-refractivity contribution in [2.24, 2.45) is 0 Å². The summed E-state index contributed by atoms with van der Waals surface area (Å²) in [6.07, 6.45) is -4.91. The number of halogens is 3. The van der Waals surface area contributed by atoms with E-state index in [-0.39, 0.29) is 12.5 Å². The summed E-state index contributed by atoms with van der Waals surface area (Å²) < 4.78 is 39.4. The minimum Gasteiger partial charge on any atom is -0.440 e. The summed E-state index contributed by atoms with van der Waals surface area (Å²) >= 11 is 0. The molecule has 19 heavy (non-hydrogen) atoms. The van der Waals surface area contributed by atoms with Gasteiger partial charge in [0.25, 0.3) is 0 Å². The molecule has 106 valence electrons. The topological polar surface area (TPSA) is 38.3 Å². The van der Waals surface area contributed by atoms with Crippen LogP contribution in [0.25, 0.3) is 0 Å². The van der Waals surface area contributed by atoms with Gasteiger partial charge in [-0.3, -0.25) is 0 Å². The molecule has 3 nitrogen and oxygen atoms in total. The second-order valence-corrected chi connectivity index (χ2v) is 4.22. The predicted octanol–water partition coefficient (Wildman–Crippen LogP) is 3.47. The fraction of sp³-hybridized carbons (Fsp3) is 0.462. The SMILES string of the molecule is CC(CCNC(=O)OCC(F)(F)F)c1ccccc1. The maximum absolute atomic E-state index is 11.8. The van der Waals surface area contributed by atoms with Crippen molar-refractivity contribution in [1.82, 2.24) is 5.32 Å². The van der Waals surface area contributed by atoms with E-state index in [9.17, 15) is 18.0 Å². The van der Waals surface area contributed by atoms with Gasteiger partial charge in [0.2, 0.25) is 0 Å². The third-order valence-corrected chi connectivity index (χ3v) is 2.58. The zero-order valence-electron chi connectivity index (χ0n) is 10.5. The van der Waals surface area contributed by atoms with Crippen LogP contribution < -0.4 is 5.32 Å². The molecular weight excluding hydrogens is 259 g/mol. The Hall–Kier alpha value is -1.72. The lowest BCUT2D eigenvalue weighted by atomic mass is 9.98. The van der Waals surface area contributed by atoms with Crippen LogP contribution in [0.2, 0.25) is 0 Å². The number of benzene rings is 1. The van der Waals surface area contributed by atoms with Crippen LogP contribution in [0.1, 0.15) is 24.8 Å². The first-order chi connectivity index (χ1) is 8.88. The van der Waals surface area contributed by atoms with Crippen molar-refractivity contribution in [3.05, 3.63) is 35.9 Å². The van der Waals surface area contributed by atoms with Gasteiger partial charge in [-0.1, -0.05) is 37.3 Å². The third-order valence-electron chi connectivity index (χ3n) is 2.58. The molecule has 0 saturated carbocycles. The van der Waals surface area contributed by atoms with Gasteiger partial charge in [-0.2, -0.15) is 13.2 Å². The number of amides is 1. The van der Waals surface area contributed by atoms with Crippen molar-refractivity contribution in [3.63, 3.8) is 0 Å². The second-order valence-electron chi connectivity index (χ2n) is 4.22. The largest absolute Gasteiger partial charge is 0.440 e. The van der Waals surface area contributed by atoms with E-state index < -0.39 is 18.9 Å². The molecule has 1 unspecified atom stereocenters. The highest BCUT2D eigenvalue weighted by Gasteiger charge is 2.29. The number of carbonyl (C=O) groups excluding carboxylic acids is 1. The van der Waals surface area contributed by atoms with E-state index in [1.165, 1.54) is 0 Å². The minimum atomic E-state index is -4.49. The van der Waals surface area contributed by atoms with Crippen LogP contribution in [-0.4, -0.2) is 25.4 Å². The zero-order chi connectivity index (χ0) is 14.3. The number of nitrogens with one attached hydrogen (secondary N) is 1. The van der Waals surface area contributed by atoms with Crippen LogP contribution in [-0.2, 0) is 4.74 Å². The number of alkyl halides is 3. The Kier molecular flexibility index (Phi) is 5.66. The summed E-state index contributed by atoms with van der Waals surface area (Å²) in [5, 5.41) is 2.29. The summed E-state index contributed by atoms with van der Waals surface area (Å²) in [5.74, 6) is 0.212. The fourth-order valence-corrected chi connectivity index (χ4v) is 1.54. The fourth-order valence-electron chi connectivity index (χ4n) is 1.54. The van der Waals surface area contributed by atoms with Crippen molar-refractivity contribution in [3.8, 4) is 0 Å². The molecule has 0 saturated heterocycles. The molecule has 1 amide bonds. The van der Waals surface area contributed by atoms with Crippen molar-refractivity contribution in [1.29, 1.82) is 0 Å². The Morgan fingerprint density at radius 2 is 1.95 bits per heavy atom. The van der Waals surface area contributed by atoms with Crippen LogP contribution >= 0.6 is 0 Å². The van der Waals surface area contributed by atoms with E-state index in [1.54, 1.807) is 0 Å². The molecule has 0 aromatic heterocycles. The maximum Gasteiger partial charge on any atom is 0.422 e. The van der Waals surface area contributed by atoms with Crippen LogP contribution in [0.3, 0.4) is 0 Å². The minimum absolute atomic E-state index is 0.212. The lowest BCUT2D eigenvalue weighted by molar-refractivity contribution is -0.160. The molecule has 0 aliphatic heterocycles. The molecule has 0 fully saturated rings. The molecule has 1 atom stereocenters.